The van der Waals surface area contributed by atoms with Crippen molar-refractivity contribution in [2.45, 2.75) is 50.7 Å². The molecule has 1 saturated heterocycles. The number of piperidine rings is 1. The zero-order valence-electron chi connectivity index (χ0n) is 22.1. The van der Waals surface area contributed by atoms with Crippen LogP contribution in [0.4, 0.5) is 18.9 Å². The minimum atomic E-state index is -5.08. The molecule has 5 rings (SSSR count). The molecule has 0 atom stereocenters. The smallest absolute Gasteiger partial charge is 0.475 e. The molecular weight excluding hydrogens is 529 g/mol. The number of anilines is 1. The van der Waals surface area contributed by atoms with Crippen molar-refractivity contribution in [1.29, 1.82) is 0 Å². The maximum atomic E-state index is 10.6. The van der Waals surface area contributed by atoms with Gasteiger partial charge in [-0.15, -0.1) is 0 Å². The number of alkyl halides is 3. The molecule has 0 bridgehead atoms. The number of nitrogens with zero attached hydrogens (tertiary/aromatic N) is 4. The first kappa shape index (κ1) is 30.4. The number of nitrogen functional groups attached to an aromatic ring is 1. The average molecular weight is 563 g/mol. The second-order valence-corrected chi connectivity index (χ2v) is 9.52. The number of nitrogens with two attached hydrogens (primary N) is 1. The monoisotopic (exact) mass is 562 g/mol. The minimum absolute atomic E-state index is 0.0231. The lowest BCUT2D eigenvalue weighted by atomic mass is 9.87. The molecule has 3 heterocycles. The predicted octanol–water partition coefficient (Wildman–Crippen LogP) is 4.69. The van der Waals surface area contributed by atoms with Gasteiger partial charge in [-0.3, -0.25) is 4.90 Å². The second-order valence-electron chi connectivity index (χ2n) is 9.52. The van der Waals surface area contributed by atoms with Crippen LogP contribution in [0.5, 0.6) is 0 Å². The molecule has 0 spiro atoms. The van der Waals surface area contributed by atoms with E-state index in [1.165, 1.54) is 61.2 Å². The summed E-state index contributed by atoms with van der Waals surface area (Å²) in [7, 11) is 2.07. The molecule has 3 aromatic rings. The number of imidazole rings is 2. The third kappa shape index (κ3) is 8.70. The average Bonchev–Trinajstić information content (AvgIpc) is 3.70. The Morgan fingerprint density at radius 2 is 1.85 bits per heavy atom. The number of allylic oxidation sites excluding steroid dienone is 2. The normalized spacial score (nSPS) is 15.8. The maximum absolute atomic E-state index is 10.6. The van der Waals surface area contributed by atoms with Gasteiger partial charge in [0.1, 0.15) is 5.82 Å². The van der Waals surface area contributed by atoms with Crippen LogP contribution in [0.1, 0.15) is 65.6 Å². The summed E-state index contributed by atoms with van der Waals surface area (Å²) >= 11 is 0. The first-order valence-corrected chi connectivity index (χ1v) is 12.8. The molecule has 2 aliphatic rings. The van der Waals surface area contributed by atoms with Crippen molar-refractivity contribution in [3.63, 3.8) is 0 Å². The number of aliphatic carboxylic acids is 1. The highest BCUT2D eigenvalue weighted by Crippen LogP contribution is 2.35. The van der Waals surface area contributed by atoms with Crippen molar-refractivity contribution < 1.29 is 33.0 Å². The largest absolute Gasteiger partial charge is 0.490 e. The van der Waals surface area contributed by atoms with Crippen LogP contribution >= 0.6 is 0 Å². The van der Waals surface area contributed by atoms with Crippen LogP contribution in [0, 0.1) is 0 Å². The van der Waals surface area contributed by atoms with Crippen LogP contribution < -0.4 is 5.73 Å². The number of hydrogen-bond acceptors (Lipinski definition) is 6. The minimum Gasteiger partial charge on any atom is -0.475 e. The van der Waals surface area contributed by atoms with Gasteiger partial charge in [0.25, 0.3) is 0 Å². The first-order valence-electron chi connectivity index (χ1n) is 12.8. The van der Waals surface area contributed by atoms with Gasteiger partial charge in [0.2, 0.25) is 5.82 Å². The van der Waals surface area contributed by atoms with Gasteiger partial charge in [-0.1, -0.05) is 12.1 Å². The van der Waals surface area contributed by atoms with Gasteiger partial charge in [0.15, 0.2) is 0 Å². The van der Waals surface area contributed by atoms with Crippen molar-refractivity contribution >= 4 is 23.2 Å². The lowest BCUT2D eigenvalue weighted by Gasteiger charge is -2.32. The third-order valence-corrected chi connectivity index (χ3v) is 6.75. The topological polar surface area (TPSA) is 150 Å². The fourth-order valence-corrected chi connectivity index (χ4v) is 4.58. The first-order chi connectivity index (χ1) is 19.0. The molecular formula is C27H33F3N6O4. The number of carboxylic acid groups (broad SMARTS) is 2. The lowest BCUT2D eigenvalue weighted by Crippen LogP contribution is -2.33. The molecule has 1 fully saturated rings. The Morgan fingerprint density at radius 1 is 1.15 bits per heavy atom. The molecule has 2 aromatic heterocycles. The highest BCUT2D eigenvalue weighted by atomic mass is 19.4. The molecule has 0 unspecified atom stereocenters. The molecule has 1 aliphatic carbocycles. The van der Waals surface area contributed by atoms with Gasteiger partial charge < -0.3 is 25.5 Å². The van der Waals surface area contributed by atoms with E-state index < -0.39 is 18.1 Å². The number of H-pyrrole nitrogens is 1. The van der Waals surface area contributed by atoms with Crippen molar-refractivity contribution in [3.8, 4) is 0 Å². The fraction of sp³-hybridized carbons (Fsp3) is 0.407. The van der Waals surface area contributed by atoms with E-state index in [1.54, 1.807) is 0 Å². The predicted molar refractivity (Wildman–Crippen MR) is 142 cm³/mol. The third-order valence-electron chi connectivity index (χ3n) is 6.75. The SMILES string of the molecule is Cn1ccnc1CN1CCC(c2ccc(N)c(C3=CCCC3)c2)CC1.O=C(O)C(F)(F)F.O=C(O)c1ncc[nH]1. The maximum Gasteiger partial charge on any atom is 0.490 e. The van der Waals surface area contributed by atoms with Crippen molar-refractivity contribution in [2.24, 2.45) is 7.05 Å². The van der Waals surface area contributed by atoms with Crippen LogP contribution in [0.15, 0.2) is 49.1 Å². The summed E-state index contributed by atoms with van der Waals surface area (Å²) in [5.41, 5.74) is 11.4. The van der Waals surface area contributed by atoms with Crippen molar-refractivity contribution in [1.82, 2.24) is 24.4 Å². The summed E-state index contributed by atoms with van der Waals surface area (Å²) in [6, 6.07) is 6.73. The molecule has 13 heteroatoms. The molecule has 40 heavy (non-hydrogen) atoms. The molecule has 0 amide bonds. The number of likely N-dealkylation sites (tertiary alicyclic amines) is 1. The Kier molecular flexibility index (Phi) is 10.5. The number of aryl methyl sites for hydroxylation is 1. The van der Waals surface area contributed by atoms with Crippen LogP contribution in [0.3, 0.4) is 0 Å². The van der Waals surface area contributed by atoms with Crippen LogP contribution in [-0.2, 0) is 18.4 Å². The van der Waals surface area contributed by atoms with Crippen LogP contribution in [0.2, 0.25) is 0 Å². The quantitative estimate of drug-likeness (QED) is 0.327. The van der Waals surface area contributed by atoms with E-state index in [1.807, 2.05) is 12.4 Å². The highest BCUT2D eigenvalue weighted by molar-refractivity contribution is 5.82. The Morgan fingerprint density at radius 3 is 2.33 bits per heavy atom. The molecule has 5 N–H and O–H groups in total. The zero-order valence-corrected chi connectivity index (χ0v) is 22.1. The Labute approximate surface area is 229 Å². The Hall–Kier alpha value is -4.13. The zero-order chi connectivity index (χ0) is 29.3. The second kappa shape index (κ2) is 13.8. The molecule has 0 saturated carbocycles. The van der Waals surface area contributed by atoms with Gasteiger partial charge in [-0.25, -0.2) is 19.6 Å². The standard InChI is InChI=1S/C21H28N4.C4H4N2O2.C2HF3O2/c1-24-13-10-23-21(24)15-25-11-8-16(9-12-25)18-6-7-20(22)19(14-18)17-4-2-3-5-17;7-4(8)3-5-1-2-6-3;3-2(4,5)1(6)7/h4,6-7,10,13-14,16H,2-3,5,8-9,11-12,15,22H2,1H3;1-2H,(H,5,6)(H,7,8);(H,6,7). The van der Waals surface area contributed by atoms with Crippen LogP contribution in [0.25, 0.3) is 5.57 Å². The molecule has 216 valence electrons. The number of aromatic nitrogens is 4. The van der Waals surface area contributed by atoms with Gasteiger partial charge in [-0.05, 0) is 74.4 Å². The number of aromatic carboxylic acids is 1. The van der Waals surface area contributed by atoms with Crippen molar-refractivity contribution in [3.05, 3.63) is 71.8 Å². The Bertz CT molecular complexity index is 1300. The summed E-state index contributed by atoms with van der Waals surface area (Å²) in [4.78, 5) is 31.7. The molecule has 1 aromatic carbocycles. The van der Waals surface area contributed by atoms with Crippen LogP contribution in [-0.4, -0.2) is 65.8 Å². The lowest BCUT2D eigenvalue weighted by molar-refractivity contribution is -0.192. The van der Waals surface area contributed by atoms with E-state index in [0.29, 0.717) is 5.92 Å². The summed E-state index contributed by atoms with van der Waals surface area (Å²) in [5.74, 6) is -2.01. The highest BCUT2D eigenvalue weighted by Gasteiger charge is 2.38. The van der Waals surface area contributed by atoms with E-state index in [9.17, 15) is 18.0 Å². The van der Waals surface area contributed by atoms with E-state index in [2.05, 4.69) is 55.7 Å². The number of aromatic amines is 1. The number of benzene rings is 1. The number of nitrogens with one attached hydrogen (secondary N) is 1. The summed E-state index contributed by atoms with van der Waals surface area (Å²) < 4.78 is 33.9. The van der Waals surface area contributed by atoms with E-state index >= 15 is 0 Å². The van der Waals surface area contributed by atoms with Gasteiger partial charge in [-0.2, -0.15) is 13.2 Å². The summed E-state index contributed by atoms with van der Waals surface area (Å²) in [5, 5.41) is 15.3. The summed E-state index contributed by atoms with van der Waals surface area (Å²) in [6.07, 6.45) is 10.1. The van der Waals surface area contributed by atoms with Crippen molar-refractivity contribution in [2.75, 3.05) is 18.8 Å². The van der Waals surface area contributed by atoms with Gasteiger partial charge >= 0.3 is 18.1 Å². The number of rotatable bonds is 5. The number of halogens is 3. The molecule has 10 nitrogen and oxygen atoms in total. The fourth-order valence-electron chi connectivity index (χ4n) is 4.58. The Balaban J connectivity index is 0.000000241. The van der Waals surface area contributed by atoms with Gasteiger partial charge in [0, 0.05) is 43.1 Å². The molecule has 0 radical (unpaired) electrons. The van der Waals surface area contributed by atoms with E-state index in [0.717, 1.165) is 31.1 Å². The number of carboxylic acids is 2. The summed E-state index contributed by atoms with van der Waals surface area (Å²) in [6.45, 7) is 3.23. The van der Waals surface area contributed by atoms with Gasteiger partial charge in [0.05, 0.1) is 6.54 Å². The number of hydrogen-bond donors (Lipinski definition) is 4. The molecule has 1 aliphatic heterocycles. The number of carbonyl (C=O) groups is 2. The van der Waals surface area contributed by atoms with E-state index in [-0.39, 0.29) is 5.82 Å². The van der Waals surface area contributed by atoms with E-state index in [4.69, 9.17) is 20.7 Å².